The van der Waals surface area contributed by atoms with Crippen molar-refractivity contribution in [2.24, 2.45) is 0 Å². The van der Waals surface area contributed by atoms with E-state index in [4.69, 9.17) is 11.6 Å². The quantitative estimate of drug-likeness (QED) is 0.862. The van der Waals surface area contributed by atoms with Crippen LogP contribution in [0.1, 0.15) is 16.8 Å². The number of aromatic nitrogens is 2. The van der Waals surface area contributed by atoms with E-state index in [1.807, 2.05) is 0 Å². The van der Waals surface area contributed by atoms with Crippen molar-refractivity contribution in [3.05, 3.63) is 28.9 Å². The van der Waals surface area contributed by atoms with Crippen LogP contribution in [0.25, 0.3) is 10.9 Å². The number of nitrogens with zero attached hydrogens (tertiary/aromatic N) is 2. The number of hydrogen-bond donors (Lipinski definition) is 1. The number of carbonyl (C=O) groups excluding carboxylic acids is 1. The van der Waals surface area contributed by atoms with Gasteiger partial charge in [0, 0.05) is 11.9 Å². The predicted octanol–water partition coefficient (Wildman–Crippen LogP) is 2.40. The summed E-state index contributed by atoms with van der Waals surface area (Å²) in [5, 5.41) is 7.85. The molecule has 1 atom stereocenters. The molecule has 2 heterocycles. The third kappa shape index (κ3) is 1.75. The Morgan fingerprint density at radius 3 is 3.11 bits per heavy atom. The van der Waals surface area contributed by atoms with Crippen LogP contribution in [-0.2, 0) is 0 Å². The first kappa shape index (κ1) is 11.5. The fourth-order valence-electron chi connectivity index (χ4n) is 2.26. The Morgan fingerprint density at radius 1 is 1.56 bits per heavy atom. The molecule has 1 saturated heterocycles. The number of aromatic amines is 1. The van der Waals surface area contributed by atoms with Crippen LogP contribution in [-0.4, -0.2) is 40.3 Å². The number of halogens is 2. The highest BCUT2D eigenvalue weighted by Gasteiger charge is 2.29. The molecule has 1 aliphatic heterocycles. The van der Waals surface area contributed by atoms with Gasteiger partial charge in [0.15, 0.2) is 0 Å². The Kier molecular flexibility index (Phi) is 2.70. The summed E-state index contributed by atoms with van der Waals surface area (Å²) in [4.78, 5) is 13.8. The van der Waals surface area contributed by atoms with Crippen molar-refractivity contribution < 1.29 is 9.18 Å². The first-order valence-corrected chi connectivity index (χ1v) is 6.09. The topological polar surface area (TPSA) is 49.0 Å². The Hall–Kier alpha value is -1.62. The maximum Gasteiger partial charge on any atom is 0.257 e. The van der Waals surface area contributed by atoms with E-state index < -0.39 is 6.17 Å². The maximum absolute atomic E-state index is 13.2. The molecule has 4 nitrogen and oxygen atoms in total. The van der Waals surface area contributed by atoms with E-state index >= 15 is 0 Å². The number of H-pyrrole nitrogens is 1. The van der Waals surface area contributed by atoms with Gasteiger partial charge in [-0.05, 0) is 18.6 Å². The van der Waals surface area contributed by atoms with Gasteiger partial charge in [-0.25, -0.2) is 4.39 Å². The van der Waals surface area contributed by atoms with Crippen LogP contribution in [0.3, 0.4) is 0 Å². The van der Waals surface area contributed by atoms with Gasteiger partial charge in [-0.2, -0.15) is 5.10 Å². The van der Waals surface area contributed by atoms with E-state index in [0.29, 0.717) is 29.1 Å². The molecule has 1 fully saturated rings. The average Bonchev–Trinajstić information content (AvgIpc) is 2.96. The number of likely N-dealkylation sites (tertiary alicyclic amines) is 1. The van der Waals surface area contributed by atoms with E-state index in [1.165, 1.54) is 4.90 Å². The van der Waals surface area contributed by atoms with E-state index in [-0.39, 0.29) is 12.5 Å². The van der Waals surface area contributed by atoms with Crippen molar-refractivity contribution >= 4 is 28.4 Å². The summed E-state index contributed by atoms with van der Waals surface area (Å²) in [6, 6.07) is 3.45. The zero-order valence-corrected chi connectivity index (χ0v) is 10.2. The molecule has 18 heavy (non-hydrogen) atoms. The van der Waals surface area contributed by atoms with Gasteiger partial charge in [0.05, 0.1) is 28.8 Å². The molecule has 94 valence electrons. The molecule has 2 aromatic rings. The van der Waals surface area contributed by atoms with Gasteiger partial charge in [0.1, 0.15) is 6.17 Å². The van der Waals surface area contributed by atoms with Crippen molar-refractivity contribution in [1.82, 2.24) is 15.1 Å². The first-order chi connectivity index (χ1) is 8.66. The minimum atomic E-state index is -0.936. The molecule has 0 radical (unpaired) electrons. The minimum absolute atomic E-state index is 0.139. The largest absolute Gasteiger partial charge is 0.336 e. The third-order valence-corrected chi connectivity index (χ3v) is 3.51. The number of amides is 1. The molecule has 6 heteroatoms. The number of carbonyl (C=O) groups is 1. The van der Waals surface area contributed by atoms with Crippen molar-refractivity contribution in [2.75, 3.05) is 13.1 Å². The van der Waals surface area contributed by atoms with Gasteiger partial charge in [0.2, 0.25) is 0 Å². The fourth-order valence-corrected chi connectivity index (χ4v) is 2.50. The van der Waals surface area contributed by atoms with Crippen LogP contribution in [0.4, 0.5) is 4.39 Å². The van der Waals surface area contributed by atoms with E-state index in [0.717, 1.165) is 5.39 Å². The number of benzene rings is 1. The molecular formula is C12H11ClFN3O. The molecule has 1 aliphatic rings. The molecule has 0 unspecified atom stereocenters. The second-order valence-corrected chi connectivity index (χ2v) is 4.80. The standard InChI is InChI=1S/C12H11ClFN3O/c13-9-2-1-7-5-15-16-11(7)10(9)12(18)17-4-3-8(14)6-17/h1-2,5,8H,3-4,6H2,(H,15,16)/t8-/m1/s1. The Labute approximate surface area is 108 Å². The summed E-state index contributed by atoms with van der Waals surface area (Å²) >= 11 is 6.08. The minimum Gasteiger partial charge on any atom is -0.336 e. The number of alkyl halides is 1. The van der Waals surface area contributed by atoms with Crippen molar-refractivity contribution in [2.45, 2.75) is 12.6 Å². The molecule has 1 aromatic carbocycles. The normalized spacial score (nSPS) is 19.7. The van der Waals surface area contributed by atoms with Gasteiger partial charge >= 0.3 is 0 Å². The lowest BCUT2D eigenvalue weighted by molar-refractivity contribution is 0.0784. The van der Waals surface area contributed by atoms with Crippen molar-refractivity contribution in [1.29, 1.82) is 0 Å². The molecular weight excluding hydrogens is 257 g/mol. The van der Waals surface area contributed by atoms with Gasteiger partial charge in [0.25, 0.3) is 5.91 Å². The average molecular weight is 268 g/mol. The summed E-state index contributed by atoms with van der Waals surface area (Å²) in [5.74, 6) is -0.241. The second-order valence-electron chi connectivity index (χ2n) is 4.39. The first-order valence-electron chi connectivity index (χ1n) is 5.72. The molecule has 1 N–H and O–H groups in total. The molecule has 1 aromatic heterocycles. The summed E-state index contributed by atoms with van der Waals surface area (Å²) < 4.78 is 13.2. The highest BCUT2D eigenvalue weighted by molar-refractivity contribution is 6.35. The number of nitrogens with one attached hydrogen (secondary N) is 1. The van der Waals surface area contributed by atoms with Crippen LogP contribution in [0.2, 0.25) is 5.02 Å². The van der Waals surface area contributed by atoms with E-state index in [1.54, 1.807) is 18.3 Å². The Bertz CT molecular complexity index is 612. The molecule has 0 aliphatic carbocycles. The summed E-state index contributed by atoms with van der Waals surface area (Å²) in [7, 11) is 0. The van der Waals surface area contributed by atoms with Gasteiger partial charge < -0.3 is 4.90 Å². The monoisotopic (exact) mass is 267 g/mol. The molecule has 0 spiro atoms. The van der Waals surface area contributed by atoms with Gasteiger partial charge in [-0.3, -0.25) is 9.89 Å². The van der Waals surface area contributed by atoms with E-state index in [9.17, 15) is 9.18 Å². The lowest BCUT2D eigenvalue weighted by atomic mass is 10.1. The lowest BCUT2D eigenvalue weighted by Gasteiger charge is -2.16. The Morgan fingerprint density at radius 2 is 2.39 bits per heavy atom. The number of rotatable bonds is 1. The van der Waals surface area contributed by atoms with Crippen LogP contribution in [0.15, 0.2) is 18.3 Å². The van der Waals surface area contributed by atoms with Crippen LogP contribution in [0.5, 0.6) is 0 Å². The van der Waals surface area contributed by atoms with Crippen LogP contribution >= 0.6 is 11.6 Å². The molecule has 0 saturated carbocycles. The van der Waals surface area contributed by atoms with Crippen molar-refractivity contribution in [3.8, 4) is 0 Å². The second kappa shape index (κ2) is 4.24. The van der Waals surface area contributed by atoms with Gasteiger partial charge in [-0.15, -0.1) is 0 Å². The van der Waals surface area contributed by atoms with E-state index in [2.05, 4.69) is 10.2 Å². The fraction of sp³-hybridized carbons (Fsp3) is 0.333. The zero-order chi connectivity index (χ0) is 12.7. The smallest absolute Gasteiger partial charge is 0.257 e. The third-order valence-electron chi connectivity index (χ3n) is 3.20. The number of hydrogen-bond acceptors (Lipinski definition) is 2. The van der Waals surface area contributed by atoms with Crippen LogP contribution in [0, 0.1) is 0 Å². The maximum atomic E-state index is 13.2. The summed E-state index contributed by atoms with van der Waals surface area (Å²) in [6.07, 6.45) is 1.08. The zero-order valence-electron chi connectivity index (χ0n) is 9.49. The summed E-state index contributed by atoms with van der Waals surface area (Å²) in [5.41, 5.74) is 0.982. The summed E-state index contributed by atoms with van der Waals surface area (Å²) in [6.45, 7) is 0.570. The van der Waals surface area contributed by atoms with Gasteiger partial charge in [-0.1, -0.05) is 11.6 Å². The predicted molar refractivity (Wildman–Crippen MR) is 66.5 cm³/mol. The molecule has 0 bridgehead atoms. The lowest BCUT2D eigenvalue weighted by Crippen LogP contribution is -2.29. The highest BCUT2D eigenvalue weighted by atomic mass is 35.5. The van der Waals surface area contributed by atoms with Crippen molar-refractivity contribution in [3.63, 3.8) is 0 Å². The molecule has 1 amide bonds. The Balaban J connectivity index is 2.05. The van der Waals surface area contributed by atoms with Crippen LogP contribution < -0.4 is 0 Å². The SMILES string of the molecule is O=C(c1c(Cl)ccc2cn[nH]c12)N1CC[C@@H](F)C1. The highest BCUT2D eigenvalue weighted by Crippen LogP contribution is 2.27. The number of fused-ring (bicyclic) bond motifs is 1. The molecule has 3 rings (SSSR count).